The number of phenolic OH excluding ortho intramolecular Hbond substituents is 1. The van der Waals surface area contributed by atoms with Gasteiger partial charge < -0.3 is 10.4 Å². The minimum absolute atomic E-state index is 0.182. The van der Waals surface area contributed by atoms with Gasteiger partial charge in [0.2, 0.25) is 0 Å². The topological polar surface area (TPSA) is 32.3 Å². The highest BCUT2D eigenvalue weighted by Crippen LogP contribution is 2.19. The average molecular weight is 263 g/mol. The van der Waals surface area contributed by atoms with Gasteiger partial charge in [0.05, 0.1) is 0 Å². The molecule has 100 valence electrons. The van der Waals surface area contributed by atoms with Crippen LogP contribution >= 0.6 is 0 Å². The van der Waals surface area contributed by atoms with Gasteiger partial charge in [0.15, 0.2) is 11.6 Å². The monoisotopic (exact) mass is 263 g/mol. The molecular weight excluding hydrogens is 248 g/mol. The molecule has 0 radical (unpaired) electrons. The average Bonchev–Trinajstić information content (AvgIpc) is 2.40. The smallest absolute Gasteiger partial charge is 0.165 e. The Hall–Kier alpha value is -1.94. The summed E-state index contributed by atoms with van der Waals surface area (Å²) in [4.78, 5) is 0. The number of phenols is 1. The van der Waals surface area contributed by atoms with Gasteiger partial charge in [0.25, 0.3) is 0 Å². The van der Waals surface area contributed by atoms with Crippen molar-refractivity contribution in [3.8, 4) is 5.75 Å². The van der Waals surface area contributed by atoms with Crippen molar-refractivity contribution in [2.75, 3.05) is 0 Å². The number of benzene rings is 2. The van der Waals surface area contributed by atoms with E-state index in [0.717, 1.165) is 0 Å². The minimum atomic E-state index is -0.655. The Morgan fingerprint density at radius 3 is 2.53 bits per heavy atom. The lowest BCUT2D eigenvalue weighted by Crippen LogP contribution is -2.19. The second-order valence-corrected chi connectivity index (χ2v) is 4.41. The van der Waals surface area contributed by atoms with E-state index in [2.05, 4.69) is 5.32 Å². The van der Waals surface area contributed by atoms with Crippen molar-refractivity contribution in [1.82, 2.24) is 5.32 Å². The molecule has 0 fully saturated rings. The molecule has 0 aromatic heterocycles. The zero-order chi connectivity index (χ0) is 13.8. The van der Waals surface area contributed by atoms with Gasteiger partial charge in [0, 0.05) is 18.2 Å². The van der Waals surface area contributed by atoms with E-state index >= 15 is 0 Å². The van der Waals surface area contributed by atoms with Crippen molar-refractivity contribution in [2.24, 2.45) is 0 Å². The first-order valence-corrected chi connectivity index (χ1v) is 6.03. The van der Waals surface area contributed by atoms with Gasteiger partial charge in [-0.05, 0) is 30.7 Å². The number of rotatable bonds is 4. The summed E-state index contributed by atoms with van der Waals surface area (Å²) in [6.45, 7) is 2.24. The number of halogens is 2. The fourth-order valence-corrected chi connectivity index (χ4v) is 1.87. The molecule has 0 saturated heterocycles. The molecule has 19 heavy (non-hydrogen) atoms. The highest BCUT2D eigenvalue weighted by molar-refractivity contribution is 5.28. The van der Waals surface area contributed by atoms with Crippen molar-refractivity contribution >= 4 is 0 Å². The van der Waals surface area contributed by atoms with E-state index in [-0.39, 0.29) is 17.6 Å². The third kappa shape index (κ3) is 3.29. The molecule has 2 rings (SSSR count). The molecule has 1 atom stereocenters. The number of aromatic hydroxyl groups is 1. The van der Waals surface area contributed by atoms with Crippen LogP contribution in [0.25, 0.3) is 0 Å². The largest absolute Gasteiger partial charge is 0.505 e. The summed E-state index contributed by atoms with van der Waals surface area (Å²) in [5, 5.41) is 12.2. The summed E-state index contributed by atoms with van der Waals surface area (Å²) in [6.07, 6.45) is 0. The molecule has 0 aliphatic carbocycles. The van der Waals surface area contributed by atoms with Crippen molar-refractivity contribution in [3.05, 3.63) is 65.2 Å². The van der Waals surface area contributed by atoms with Gasteiger partial charge in [-0.2, -0.15) is 0 Å². The van der Waals surface area contributed by atoms with E-state index in [0.29, 0.717) is 17.7 Å². The van der Waals surface area contributed by atoms with E-state index in [1.165, 1.54) is 18.2 Å². The number of nitrogens with one attached hydrogen (secondary N) is 1. The lowest BCUT2D eigenvalue weighted by Gasteiger charge is -2.15. The summed E-state index contributed by atoms with van der Waals surface area (Å²) in [5.74, 6) is -1.29. The highest BCUT2D eigenvalue weighted by atomic mass is 19.1. The van der Waals surface area contributed by atoms with Crippen LogP contribution in [0.1, 0.15) is 24.1 Å². The zero-order valence-electron chi connectivity index (χ0n) is 10.5. The molecule has 0 aliphatic rings. The maximum atomic E-state index is 13.5. The van der Waals surface area contributed by atoms with Gasteiger partial charge in [-0.3, -0.25) is 0 Å². The van der Waals surface area contributed by atoms with Gasteiger partial charge in [-0.1, -0.05) is 24.3 Å². The van der Waals surface area contributed by atoms with Crippen LogP contribution < -0.4 is 5.32 Å². The molecule has 2 aromatic rings. The third-order valence-electron chi connectivity index (χ3n) is 3.00. The summed E-state index contributed by atoms with van der Waals surface area (Å²) in [5.41, 5.74) is 1.26. The Bertz CT molecular complexity index is 572. The van der Waals surface area contributed by atoms with E-state index in [4.69, 9.17) is 5.11 Å². The molecule has 0 aliphatic heterocycles. The van der Waals surface area contributed by atoms with Gasteiger partial charge >= 0.3 is 0 Å². The van der Waals surface area contributed by atoms with Gasteiger partial charge in [-0.25, -0.2) is 8.78 Å². The van der Waals surface area contributed by atoms with E-state index < -0.39 is 5.82 Å². The normalized spacial score (nSPS) is 12.4. The van der Waals surface area contributed by atoms with Crippen LogP contribution in [0.4, 0.5) is 8.78 Å². The van der Waals surface area contributed by atoms with Crippen molar-refractivity contribution in [3.63, 3.8) is 0 Å². The Kier molecular flexibility index (Phi) is 4.12. The quantitative estimate of drug-likeness (QED) is 0.884. The third-order valence-corrected chi connectivity index (χ3v) is 3.00. The summed E-state index contributed by atoms with van der Waals surface area (Å²) < 4.78 is 26.7. The van der Waals surface area contributed by atoms with Crippen molar-refractivity contribution < 1.29 is 13.9 Å². The molecule has 0 spiro atoms. The molecular formula is C15H15F2NO. The second kappa shape index (κ2) is 5.80. The number of hydrogen-bond donors (Lipinski definition) is 2. The first-order chi connectivity index (χ1) is 9.08. The Morgan fingerprint density at radius 1 is 1.11 bits per heavy atom. The molecule has 0 unspecified atom stereocenters. The van der Waals surface area contributed by atoms with E-state index in [1.807, 2.05) is 6.92 Å². The fraction of sp³-hybridized carbons (Fsp3) is 0.200. The molecule has 2 nitrogen and oxygen atoms in total. The van der Waals surface area contributed by atoms with Crippen molar-refractivity contribution in [1.29, 1.82) is 0 Å². The molecule has 0 bridgehead atoms. The Morgan fingerprint density at radius 2 is 1.84 bits per heavy atom. The molecule has 4 heteroatoms. The number of hydrogen-bond acceptors (Lipinski definition) is 2. The predicted molar refractivity (Wildman–Crippen MR) is 69.7 cm³/mol. The van der Waals surface area contributed by atoms with Crippen LogP contribution in [-0.2, 0) is 6.54 Å². The van der Waals surface area contributed by atoms with Crippen LogP contribution in [0.15, 0.2) is 42.5 Å². The maximum absolute atomic E-state index is 13.5. The maximum Gasteiger partial charge on any atom is 0.165 e. The predicted octanol–water partition coefficient (Wildman–Crippen LogP) is 3.52. The van der Waals surface area contributed by atoms with Crippen LogP contribution in [-0.4, -0.2) is 5.11 Å². The second-order valence-electron chi connectivity index (χ2n) is 4.41. The van der Waals surface area contributed by atoms with E-state index in [9.17, 15) is 8.78 Å². The summed E-state index contributed by atoms with van der Waals surface area (Å²) in [7, 11) is 0. The standard InChI is InChI=1S/C15H15F2NO/c1-10(12-4-2-3-5-13(12)16)18-9-11-6-7-15(19)14(17)8-11/h2-8,10,18-19H,9H2,1H3/t10-/m1/s1. The molecule has 0 heterocycles. The molecule has 2 N–H and O–H groups in total. The van der Waals surface area contributed by atoms with Crippen molar-refractivity contribution in [2.45, 2.75) is 19.5 Å². The lowest BCUT2D eigenvalue weighted by molar-refractivity contribution is 0.431. The summed E-state index contributed by atoms with van der Waals surface area (Å²) in [6, 6.07) is 10.5. The molecule has 0 amide bonds. The van der Waals surface area contributed by atoms with Crippen LogP contribution in [0.5, 0.6) is 5.75 Å². The van der Waals surface area contributed by atoms with Gasteiger partial charge in [-0.15, -0.1) is 0 Å². The fourth-order valence-electron chi connectivity index (χ4n) is 1.87. The van der Waals surface area contributed by atoms with Crippen LogP contribution in [0.2, 0.25) is 0 Å². The molecule has 2 aromatic carbocycles. The first-order valence-electron chi connectivity index (χ1n) is 6.03. The Balaban J connectivity index is 2.02. The lowest BCUT2D eigenvalue weighted by atomic mass is 10.1. The SMILES string of the molecule is C[C@@H](NCc1ccc(O)c(F)c1)c1ccccc1F. The molecule has 0 saturated carbocycles. The minimum Gasteiger partial charge on any atom is -0.505 e. The highest BCUT2D eigenvalue weighted by Gasteiger charge is 2.10. The Labute approximate surface area is 110 Å². The van der Waals surface area contributed by atoms with Gasteiger partial charge in [0.1, 0.15) is 5.82 Å². The van der Waals surface area contributed by atoms with E-state index in [1.54, 1.807) is 24.3 Å². The zero-order valence-corrected chi connectivity index (χ0v) is 10.5. The van der Waals surface area contributed by atoms with Crippen LogP contribution in [0.3, 0.4) is 0 Å². The summed E-state index contributed by atoms with van der Waals surface area (Å²) >= 11 is 0. The first kappa shape index (κ1) is 13.5. The van der Waals surface area contributed by atoms with Crippen LogP contribution in [0, 0.1) is 11.6 Å².